The van der Waals surface area contributed by atoms with Gasteiger partial charge in [-0.3, -0.25) is 9.59 Å². The van der Waals surface area contributed by atoms with Crippen molar-refractivity contribution in [3.8, 4) is 0 Å². The zero-order valence-electron chi connectivity index (χ0n) is 15.4. The van der Waals surface area contributed by atoms with E-state index in [2.05, 4.69) is 15.4 Å². The lowest BCUT2D eigenvalue weighted by Crippen LogP contribution is -2.38. The maximum atomic E-state index is 12.3. The maximum absolute atomic E-state index is 12.3. The van der Waals surface area contributed by atoms with Crippen molar-refractivity contribution in [3.63, 3.8) is 0 Å². The van der Waals surface area contributed by atoms with Gasteiger partial charge in [-0.1, -0.05) is 25.3 Å². The Hall–Kier alpha value is -1.93. The van der Waals surface area contributed by atoms with E-state index < -0.39 is 10.0 Å². The molecule has 0 bridgehead atoms. The summed E-state index contributed by atoms with van der Waals surface area (Å²) in [5, 5.41) is 5.69. The van der Waals surface area contributed by atoms with Crippen molar-refractivity contribution in [1.29, 1.82) is 0 Å². The molecule has 2 fully saturated rings. The molecule has 1 aromatic rings. The minimum Gasteiger partial charge on any atom is -0.353 e. The molecule has 2 amide bonds. The lowest BCUT2D eigenvalue weighted by Gasteiger charge is -2.22. The summed E-state index contributed by atoms with van der Waals surface area (Å²) in [7, 11) is -3.60. The summed E-state index contributed by atoms with van der Waals surface area (Å²) < 4.78 is 27.1. The Bertz CT molecular complexity index is 784. The number of hydrogen-bond acceptors (Lipinski definition) is 4. The monoisotopic (exact) mass is 393 g/mol. The molecule has 0 saturated heterocycles. The van der Waals surface area contributed by atoms with Crippen LogP contribution in [0.2, 0.25) is 0 Å². The zero-order valence-corrected chi connectivity index (χ0v) is 16.2. The van der Waals surface area contributed by atoms with Crippen LogP contribution in [0, 0.1) is 0 Å². The molecule has 0 atom stereocenters. The number of sulfonamides is 1. The van der Waals surface area contributed by atoms with Gasteiger partial charge in [0.15, 0.2) is 0 Å². The molecule has 2 aliphatic rings. The van der Waals surface area contributed by atoms with Gasteiger partial charge in [0.25, 0.3) is 5.91 Å². The number of benzene rings is 1. The van der Waals surface area contributed by atoms with Crippen LogP contribution in [0.5, 0.6) is 0 Å². The highest BCUT2D eigenvalue weighted by Gasteiger charge is 2.28. The predicted molar refractivity (Wildman–Crippen MR) is 102 cm³/mol. The number of nitrogens with one attached hydrogen (secondary N) is 3. The van der Waals surface area contributed by atoms with Gasteiger partial charge < -0.3 is 10.6 Å². The van der Waals surface area contributed by atoms with Crippen molar-refractivity contribution in [3.05, 3.63) is 29.8 Å². The first-order valence-electron chi connectivity index (χ1n) is 9.64. The number of hydrogen-bond donors (Lipinski definition) is 3. The Balaban J connectivity index is 1.47. The van der Waals surface area contributed by atoms with Crippen LogP contribution in [0.1, 0.15) is 61.7 Å². The van der Waals surface area contributed by atoms with Crippen molar-refractivity contribution in [1.82, 2.24) is 15.4 Å². The fourth-order valence-corrected chi connectivity index (χ4v) is 4.58. The smallest absolute Gasteiger partial charge is 0.251 e. The summed E-state index contributed by atoms with van der Waals surface area (Å²) in [6.07, 6.45) is 7.48. The van der Waals surface area contributed by atoms with E-state index in [4.69, 9.17) is 0 Å². The molecule has 0 heterocycles. The molecule has 0 unspecified atom stereocenters. The van der Waals surface area contributed by atoms with Crippen molar-refractivity contribution in [2.75, 3.05) is 6.54 Å². The van der Waals surface area contributed by atoms with Gasteiger partial charge >= 0.3 is 0 Å². The summed E-state index contributed by atoms with van der Waals surface area (Å²) >= 11 is 0. The third kappa shape index (κ3) is 6.04. The minimum absolute atomic E-state index is 0.00941. The summed E-state index contributed by atoms with van der Waals surface area (Å²) in [6, 6.07) is 6.21. The summed E-state index contributed by atoms with van der Waals surface area (Å²) in [5.74, 6) is -0.448. The van der Waals surface area contributed by atoms with Crippen LogP contribution in [0.3, 0.4) is 0 Å². The Morgan fingerprint density at radius 3 is 2.44 bits per heavy atom. The van der Waals surface area contributed by atoms with E-state index >= 15 is 0 Å². The Morgan fingerprint density at radius 2 is 1.74 bits per heavy atom. The number of carbonyl (C=O) groups excluding carboxylic acids is 2. The molecule has 3 rings (SSSR count). The van der Waals surface area contributed by atoms with E-state index in [0.29, 0.717) is 0 Å². The van der Waals surface area contributed by atoms with Gasteiger partial charge in [0, 0.05) is 30.6 Å². The van der Waals surface area contributed by atoms with Crippen molar-refractivity contribution >= 4 is 21.8 Å². The van der Waals surface area contributed by atoms with E-state index in [1.54, 1.807) is 12.1 Å². The summed E-state index contributed by atoms with van der Waals surface area (Å²) in [5.41, 5.74) is 0.265. The van der Waals surface area contributed by atoms with E-state index in [-0.39, 0.29) is 47.3 Å². The first-order chi connectivity index (χ1) is 12.9. The number of amides is 2. The van der Waals surface area contributed by atoms with Crippen LogP contribution >= 0.6 is 0 Å². The van der Waals surface area contributed by atoms with Crippen LogP contribution in [0.25, 0.3) is 0 Å². The average molecular weight is 394 g/mol. The fraction of sp³-hybridized carbons (Fsp3) is 0.579. The van der Waals surface area contributed by atoms with Gasteiger partial charge in [0.1, 0.15) is 0 Å². The normalized spacial score (nSPS) is 18.1. The molecule has 0 aromatic heterocycles. The third-order valence-corrected chi connectivity index (χ3v) is 6.43. The molecule has 148 valence electrons. The van der Waals surface area contributed by atoms with E-state index in [0.717, 1.165) is 38.5 Å². The van der Waals surface area contributed by atoms with Crippen molar-refractivity contribution in [2.24, 2.45) is 0 Å². The highest BCUT2D eigenvalue weighted by molar-refractivity contribution is 7.89. The number of rotatable bonds is 8. The SMILES string of the molecule is O=C(CCNC(=O)c1cccc(S(=O)(=O)NC2CC2)c1)NC1CCCCC1. The van der Waals surface area contributed by atoms with Gasteiger partial charge in [-0.05, 0) is 43.9 Å². The van der Waals surface area contributed by atoms with Gasteiger partial charge in [-0.25, -0.2) is 13.1 Å². The van der Waals surface area contributed by atoms with Crippen LogP contribution in [-0.2, 0) is 14.8 Å². The minimum atomic E-state index is -3.60. The second-order valence-electron chi connectivity index (χ2n) is 7.33. The lowest BCUT2D eigenvalue weighted by molar-refractivity contribution is -0.121. The van der Waals surface area contributed by atoms with Crippen molar-refractivity contribution in [2.45, 2.75) is 68.3 Å². The predicted octanol–water partition coefficient (Wildman–Crippen LogP) is 1.70. The molecule has 3 N–H and O–H groups in total. The maximum Gasteiger partial charge on any atom is 0.251 e. The largest absolute Gasteiger partial charge is 0.353 e. The number of carbonyl (C=O) groups is 2. The van der Waals surface area contributed by atoms with Crippen molar-refractivity contribution < 1.29 is 18.0 Å². The second-order valence-corrected chi connectivity index (χ2v) is 9.05. The van der Waals surface area contributed by atoms with E-state index in [9.17, 15) is 18.0 Å². The van der Waals surface area contributed by atoms with E-state index in [1.807, 2.05) is 0 Å². The molecule has 0 spiro atoms. The first kappa shape index (κ1) is 19.8. The summed E-state index contributed by atoms with van der Waals surface area (Å²) in [4.78, 5) is 24.3. The second kappa shape index (κ2) is 8.84. The molecule has 2 saturated carbocycles. The molecule has 0 radical (unpaired) electrons. The van der Waals surface area contributed by atoms with E-state index in [1.165, 1.54) is 18.6 Å². The van der Waals surface area contributed by atoms with Gasteiger partial charge in [0.2, 0.25) is 15.9 Å². The third-order valence-electron chi connectivity index (χ3n) is 4.91. The molecular formula is C19H27N3O4S. The molecule has 7 nitrogen and oxygen atoms in total. The Labute approximate surface area is 160 Å². The molecule has 8 heteroatoms. The lowest BCUT2D eigenvalue weighted by atomic mass is 9.95. The van der Waals surface area contributed by atoms with Crippen LogP contribution < -0.4 is 15.4 Å². The topological polar surface area (TPSA) is 104 Å². The molecule has 2 aliphatic carbocycles. The Morgan fingerprint density at radius 1 is 1.00 bits per heavy atom. The summed E-state index contributed by atoms with van der Waals surface area (Å²) in [6.45, 7) is 0.217. The first-order valence-corrected chi connectivity index (χ1v) is 11.1. The zero-order chi connectivity index (χ0) is 19.3. The molecule has 1 aromatic carbocycles. The van der Waals surface area contributed by atoms with Crippen LogP contribution in [0.15, 0.2) is 29.2 Å². The standard InChI is InChI=1S/C19H27N3O4S/c23-18(21-15-6-2-1-3-7-15)11-12-20-19(24)14-5-4-8-17(13-14)27(25,26)22-16-9-10-16/h4-5,8,13,15-16,22H,1-3,6-7,9-12H2,(H,20,24)(H,21,23). The van der Waals surface area contributed by atoms with Crippen LogP contribution in [0.4, 0.5) is 0 Å². The van der Waals surface area contributed by atoms with Crippen LogP contribution in [-0.4, -0.2) is 38.9 Å². The highest BCUT2D eigenvalue weighted by atomic mass is 32.2. The fourth-order valence-electron chi connectivity index (χ4n) is 3.23. The van der Waals surface area contributed by atoms with Gasteiger partial charge in [-0.2, -0.15) is 0 Å². The molecular weight excluding hydrogens is 366 g/mol. The molecule has 0 aliphatic heterocycles. The Kier molecular flexibility index (Phi) is 6.49. The average Bonchev–Trinajstić information content (AvgIpc) is 3.46. The molecule has 27 heavy (non-hydrogen) atoms. The van der Waals surface area contributed by atoms with Gasteiger partial charge in [0.05, 0.1) is 4.90 Å². The van der Waals surface area contributed by atoms with Gasteiger partial charge in [-0.15, -0.1) is 0 Å². The highest BCUT2D eigenvalue weighted by Crippen LogP contribution is 2.22. The quantitative estimate of drug-likeness (QED) is 0.625.